The Morgan fingerprint density at radius 3 is 2.95 bits per heavy atom. The standard InChI is InChI=1S/C13H16BrN3O2/c1-7-5-16(13(18)19)6-10-3-9-4-11(14)8(2)15-12(9)17(7)10/h4,7,10H,3,5-6H2,1-2H3,(H,18,19)/t7-,10-/m1/s1. The van der Waals surface area contributed by atoms with Gasteiger partial charge in [-0.05, 0) is 47.8 Å². The van der Waals surface area contributed by atoms with Gasteiger partial charge in [0.25, 0.3) is 0 Å². The topological polar surface area (TPSA) is 56.7 Å². The number of pyridine rings is 1. The monoisotopic (exact) mass is 325 g/mol. The second-order valence-electron chi connectivity index (χ2n) is 5.34. The van der Waals surface area contributed by atoms with Crippen LogP contribution in [0.1, 0.15) is 18.2 Å². The van der Waals surface area contributed by atoms with Crippen LogP contribution in [0.25, 0.3) is 0 Å². The zero-order valence-corrected chi connectivity index (χ0v) is 12.5. The van der Waals surface area contributed by atoms with Crippen molar-refractivity contribution in [1.82, 2.24) is 9.88 Å². The molecule has 5 nitrogen and oxygen atoms in total. The molecule has 0 unspecified atom stereocenters. The molecule has 1 aromatic heterocycles. The van der Waals surface area contributed by atoms with Crippen LogP contribution in [0.3, 0.4) is 0 Å². The van der Waals surface area contributed by atoms with Crippen molar-refractivity contribution < 1.29 is 9.90 Å². The largest absolute Gasteiger partial charge is 0.465 e. The smallest absolute Gasteiger partial charge is 0.407 e. The molecular formula is C13H16BrN3O2. The summed E-state index contributed by atoms with van der Waals surface area (Å²) < 4.78 is 1.02. The maximum atomic E-state index is 11.2. The van der Waals surface area contributed by atoms with Gasteiger partial charge < -0.3 is 14.9 Å². The maximum Gasteiger partial charge on any atom is 0.407 e. The van der Waals surface area contributed by atoms with Crippen molar-refractivity contribution in [3.8, 4) is 0 Å². The van der Waals surface area contributed by atoms with Gasteiger partial charge in [-0.25, -0.2) is 9.78 Å². The molecule has 6 heteroatoms. The van der Waals surface area contributed by atoms with Crippen molar-refractivity contribution in [1.29, 1.82) is 0 Å². The molecule has 3 rings (SSSR count). The van der Waals surface area contributed by atoms with E-state index in [4.69, 9.17) is 5.11 Å². The third-order valence-electron chi connectivity index (χ3n) is 3.96. The number of amides is 1. The lowest BCUT2D eigenvalue weighted by molar-refractivity contribution is 0.128. The first-order chi connectivity index (χ1) is 8.97. The first-order valence-electron chi connectivity index (χ1n) is 6.39. The maximum absolute atomic E-state index is 11.2. The zero-order valence-electron chi connectivity index (χ0n) is 10.9. The highest BCUT2D eigenvalue weighted by Crippen LogP contribution is 2.37. The van der Waals surface area contributed by atoms with Crippen LogP contribution in [0.15, 0.2) is 10.5 Å². The number of piperazine rings is 1. The summed E-state index contributed by atoms with van der Waals surface area (Å²) in [5, 5.41) is 9.17. The van der Waals surface area contributed by atoms with Crippen molar-refractivity contribution in [3.05, 3.63) is 21.8 Å². The van der Waals surface area contributed by atoms with Gasteiger partial charge in [0, 0.05) is 23.6 Å². The highest BCUT2D eigenvalue weighted by molar-refractivity contribution is 9.10. The average molecular weight is 326 g/mol. The zero-order chi connectivity index (χ0) is 13.7. The van der Waals surface area contributed by atoms with Gasteiger partial charge >= 0.3 is 6.09 Å². The summed E-state index contributed by atoms with van der Waals surface area (Å²) in [6, 6.07) is 2.51. The molecular weight excluding hydrogens is 310 g/mol. The van der Waals surface area contributed by atoms with Crippen molar-refractivity contribution >= 4 is 27.8 Å². The van der Waals surface area contributed by atoms with Gasteiger partial charge in [0.1, 0.15) is 5.82 Å². The third-order valence-corrected chi connectivity index (χ3v) is 4.76. The Morgan fingerprint density at radius 1 is 1.53 bits per heavy atom. The Labute approximate surface area is 120 Å². The summed E-state index contributed by atoms with van der Waals surface area (Å²) in [7, 11) is 0. The molecule has 102 valence electrons. The number of fused-ring (bicyclic) bond motifs is 3. The van der Waals surface area contributed by atoms with E-state index in [1.54, 1.807) is 0 Å². The fourth-order valence-electron chi connectivity index (χ4n) is 3.12. The summed E-state index contributed by atoms with van der Waals surface area (Å²) in [6.45, 7) is 5.15. The minimum absolute atomic E-state index is 0.171. The molecule has 0 radical (unpaired) electrons. The average Bonchev–Trinajstić information content (AvgIpc) is 2.67. The molecule has 1 aromatic rings. The van der Waals surface area contributed by atoms with Gasteiger partial charge in [0.15, 0.2) is 0 Å². The van der Waals surface area contributed by atoms with Crippen molar-refractivity contribution in [2.45, 2.75) is 32.4 Å². The Kier molecular flexibility index (Phi) is 2.92. The first kappa shape index (κ1) is 12.7. The number of hydrogen-bond donors (Lipinski definition) is 1. The Balaban J connectivity index is 1.96. The molecule has 0 aromatic carbocycles. The van der Waals surface area contributed by atoms with Crippen LogP contribution in [-0.2, 0) is 6.42 Å². The summed E-state index contributed by atoms with van der Waals surface area (Å²) in [4.78, 5) is 19.6. The molecule has 2 aliphatic rings. The van der Waals surface area contributed by atoms with Gasteiger partial charge in [-0.15, -0.1) is 0 Å². The van der Waals surface area contributed by atoms with E-state index in [-0.39, 0.29) is 12.1 Å². The molecule has 0 spiro atoms. The lowest BCUT2D eigenvalue weighted by atomic mass is 10.1. The predicted octanol–water partition coefficient (Wildman–Crippen LogP) is 2.27. The molecule has 1 saturated heterocycles. The van der Waals surface area contributed by atoms with E-state index in [2.05, 4.69) is 38.8 Å². The number of hydrogen-bond acceptors (Lipinski definition) is 3. The Hall–Kier alpha value is -1.30. The minimum atomic E-state index is -0.826. The lowest BCUT2D eigenvalue weighted by Crippen LogP contribution is -2.57. The summed E-state index contributed by atoms with van der Waals surface area (Å²) in [5.74, 6) is 1.03. The fraction of sp³-hybridized carbons (Fsp3) is 0.538. The fourth-order valence-corrected chi connectivity index (χ4v) is 3.48. The van der Waals surface area contributed by atoms with E-state index in [9.17, 15) is 4.79 Å². The van der Waals surface area contributed by atoms with Crippen LogP contribution in [0.2, 0.25) is 0 Å². The van der Waals surface area contributed by atoms with E-state index in [0.717, 1.165) is 22.4 Å². The Morgan fingerprint density at radius 2 is 2.26 bits per heavy atom. The molecule has 19 heavy (non-hydrogen) atoms. The molecule has 2 atom stereocenters. The first-order valence-corrected chi connectivity index (χ1v) is 7.19. The summed E-state index contributed by atoms with van der Waals surface area (Å²) >= 11 is 3.51. The quantitative estimate of drug-likeness (QED) is 0.795. The van der Waals surface area contributed by atoms with Crippen molar-refractivity contribution in [2.24, 2.45) is 0 Å². The van der Waals surface area contributed by atoms with Crippen molar-refractivity contribution in [3.63, 3.8) is 0 Å². The number of carboxylic acid groups (broad SMARTS) is 1. The predicted molar refractivity (Wildman–Crippen MR) is 75.7 cm³/mol. The molecule has 3 heterocycles. The molecule has 1 N–H and O–H groups in total. The van der Waals surface area contributed by atoms with Gasteiger partial charge in [-0.3, -0.25) is 0 Å². The van der Waals surface area contributed by atoms with Gasteiger partial charge in [0.05, 0.1) is 11.7 Å². The third kappa shape index (κ3) is 1.98. The molecule has 1 amide bonds. The van der Waals surface area contributed by atoms with E-state index in [1.165, 1.54) is 10.5 Å². The Bertz CT molecular complexity index is 549. The number of nitrogens with zero attached hydrogens (tertiary/aromatic N) is 3. The van der Waals surface area contributed by atoms with Crippen LogP contribution < -0.4 is 4.90 Å². The highest BCUT2D eigenvalue weighted by Gasteiger charge is 2.40. The molecule has 1 fully saturated rings. The second-order valence-corrected chi connectivity index (χ2v) is 6.19. The van der Waals surface area contributed by atoms with E-state index >= 15 is 0 Å². The minimum Gasteiger partial charge on any atom is -0.465 e. The van der Waals surface area contributed by atoms with Crippen LogP contribution in [0, 0.1) is 6.92 Å². The molecule has 0 bridgehead atoms. The number of aryl methyl sites for hydroxylation is 1. The van der Waals surface area contributed by atoms with Crippen LogP contribution in [0.5, 0.6) is 0 Å². The second kappa shape index (κ2) is 4.37. The van der Waals surface area contributed by atoms with E-state index in [0.29, 0.717) is 13.1 Å². The summed E-state index contributed by atoms with van der Waals surface area (Å²) in [6.07, 6.45) is 0.0442. The summed E-state index contributed by atoms with van der Waals surface area (Å²) in [5.41, 5.74) is 2.19. The van der Waals surface area contributed by atoms with Crippen LogP contribution >= 0.6 is 15.9 Å². The van der Waals surface area contributed by atoms with Gasteiger partial charge in [-0.2, -0.15) is 0 Å². The highest BCUT2D eigenvalue weighted by atomic mass is 79.9. The van der Waals surface area contributed by atoms with Crippen molar-refractivity contribution in [2.75, 3.05) is 18.0 Å². The SMILES string of the molecule is Cc1nc2c(cc1Br)C[C@@H]1CN(C(=O)O)C[C@@H](C)N21. The number of aromatic nitrogens is 1. The van der Waals surface area contributed by atoms with Crippen LogP contribution in [0.4, 0.5) is 10.6 Å². The molecule has 0 aliphatic carbocycles. The van der Waals surface area contributed by atoms with Gasteiger partial charge in [0.2, 0.25) is 0 Å². The van der Waals surface area contributed by atoms with E-state index < -0.39 is 6.09 Å². The number of halogens is 1. The molecule has 2 aliphatic heterocycles. The van der Waals surface area contributed by atoms with E-state index in [1.807, 2.05) is 6.92 Å². The normalized spacial score (nSPS) is 25.2. The van der Waals surface area contributed by atoms with Crippen LogP contribution in [-0.4, -0.2) is 46.3 Å². The lowest BCUT2D eigenvalue weighted by Gasteiger charge is -2.42. The van der Waals surface area contributed by atoms with Gasteiger partial charge in [-0.1, -0.05) is 0 Å². The number of anilines is 1. The number of carbonyl (C=O) groups is 1. The number of rotatable bonds is 0. The molecule has 0 saturated carbocycles.